The minimum absolute atomic E-state index is 0.426. The van der Waals surface area contributed by atoms with Gasteiger partial charge in [0.2, 0.25) is 0 Å². The highest BCUT2D eigenvalue weighted by Gasteiger charge is 2.52. The summed E-state index contributed by atoms with van der Waals surface area (Å²) < 4.78 is 5.89. The van der Waals surface area contributed by atoms with Crippen LogP contribution in [0.4, 0.5) is 0 Å². The monoisotopic (exact) mass is 154 g/mol. The highest BCUT2D eigenvalue weighted by molar-refractivity contribution is 5.03. The summed E-state index contributed by atoms with van der Waals surface area (Å²) in [5.74, 6) is 0. The Morgan fingerprint density at radius 1 is 1.27 bits per heavy atom. The molecule has 0 heterocycles. The summed E-state index contributed by atoms with van der Waals surface area (Å²) in [4.78, 5) is 0. The second kappa shape index (κ2) is 2.48. The predicted molar refractivity (Wildman–Crippen MR) is 45.5 cm³/mol. The molecular formula is C10H18O. The van der Waals surface area contributed by atoms with Crippen LogP contribution in [0.25, 0.3) is 0 Å². The third-order valence-corrected chi connectivity index (χ3v) is 3.15. The lowest BCUT2D eigenvalue weighted by Gasteiger charge is -2.21. The number of hydrogen-bond donors (Lipinski definition) is 0. The van der Waals surface area contributed by atoms with Crippen molar-refractivity contribution in [3.8, 4) is 0 Å². The maximum atomic E-state index is 5.89. The van der Waals surface area contributed by atoms with Crippen LogP contribution in [0.2, 0.25) is 0 Å². The van der Waals surface area contributed by atoms with Crippen LogP contribution < -0.4 is 0 Å². The molecule has 1 atom stereocenters. The summed E-state index contributed by atoms with van der Waals surface area (Å²) >= 11 is 0. The van der Waals surface area contributed by atoms with E-state index in [4.69, 9.17) is 4.74 Å². The first kappa shape index (κ1) is 7.60. The molecule has 0 aliphatic heterocycles. The molecule has 0 radical (unpaired) electrons. The topological polar surface area (TPSA) is 9.23 Å². The Morgan fingerprint density at radius 2 is 2.00 bits per heavy atom. The van der Waals surface area contributed by atoms with Crippen LogP contribution in [0.3, 0.4) is 0 Å². The Labute approximate surface area is 69.1 Å². The summed E-state index contributed by atoms with van der Waals surface area (Å²) in [6.45, 7) is 4.29. The molecule has 0 aromatic carbocycles. The van der Waals surface area contributed by atoms with E-state index in [0.29, 0.717) is 17.6 Å². The summed E-state index contributed by atoms with van der Waals surface area (Å²) in [6.07, 6.45) is 8.06. The van der Waals surface area contributed by atoms with Gasteiger partial charge in [0.25, 0.3) is 0 Å². The standard InChI is InChI=1S/C10H18O/c1-8(2)11-9-4-3-5-10(9)6-7-10/h8-9H,3-7H2,1-2H3. The lowest BCUT2D eigenvalue weighted by Crippen LogP contribution is -2.22. The lowest BCUT2D eigenvalue weighted by atomic mass is 10.0. The Hall–Kier alpha value is -0.0400. The van der Waals surface area contributed by atoms with E-state index in [1.807, 2.05) is 0 Å². The Bertz CT molecular complexity index is 147. The maximum Gasteiger partial charge on any atom is 0.0634 e. The average Bonchev–Trinajstić information content (AvgIpc) is 2.56. The summed E-state index contributed by atoms with van der Waals surface area (Å²) in [5, 5.41) is 0. The zero-order valence-electron chi connectivity index (χ0n) is 7.60. The highest BCUT2D eigenvalue weighted by Crippen LogP contribution is 2.59. The molecule has 2 aliphatic rings. The third-order valence-electron chi connectivity index (χ3n) is 3.15. The van der Waals surface area contributed by atoms with Gasteiger partial charge in [-0.3, -0.25) is 0 Å². The molecule has 1 spiro atoms. The molecule has 64 valence electrons. The molecule has 0 aromatic heterocycles. The van der Waals surface area contributed by atoms with E-state index >= 15 is 0 Å². The average molecular weight is 154 g/mol. The molecular weight excluding hydrogens is 136 g/mol. The fraction of sp³-hybridized carbons (Fsp3) is 1.00. The van der Waals surface area contributed by atoms with Crippen LogP contribution in [-0.2, 0) is 4.74 Å². The number of hydrogen-bond acceptors (Lipinski definition) is 1. The summed E-state index contributed by atoms with van der Waals surface area (Å²) in [6, 6.07) is 0. The first-order valence-electron chi connectivity index (χ1n) is 4.88. The van der Waals surface area contributed by atoms with E-state index in [1.165, 1.54) is 32.1 Å². The smallest absolute Gasteiger partial charge is 0.0634 e. The second-order valence-electron chi connectivity index (χ2n) is 4.43. The van der Waals surface area contributed by atoms with Gasteiger partial charge in [-0.2, -0.15) is 0 Å². The molecule has 2 rings (SSSR count). The van der Waals surface area contributed by atoms with Gasteiger partial charge in [0.15, 0.2) is 0 Å². The van der Waals surface area contributed by atoms with Gasteiger partial charge in [0.1, 0.15) is 0 Å². The van der Waals surface area contributed by atoms with Crippen molar-refractivity contribution in [1.29, 1.82) is 0 Å². The van der Waals surface area contributed by atoms with E-state index in [-0.39, 0.29) is 0 Å². The molecule has 1 nitrogen and oxygen atoms in total. The van der Waals surface area contributed by atoms with Crippen LogP contribution >= 0.6 is 0 Å². The lowest BCUT2D eigenvalue weighted by molar-refractivity contribution is -0.0208. The molecule has 1 unspecified atom stereocenters. The molecule has 0 bridgehead atoms. The van der Waals surface area contributed by atoms with Crippen LogP contribution in [-0.4, -0.2) is 12.2 Å². The highest BCUT2D eigenvalue weighted by atomic mass is 16.5. The van der Waals surface area contributed by atoms with Gasteiger partial charge in [0.05, 0.1) is 12.2 Å². The van der Waals surface area contributed by atoms with Crippen LogP contribution in [0.5, 0.6) is 0 Å². The molecule has 2 fully saturated rings. The van der Waals surface area contributed by atoms with E-state index in [2.05, 4.69) is 13.8 Å². The van der Waals surface area contributed by atoms with Crippen molar-refractivity contribution in [3.63, 3.8) is 0 Å². The molecule has 2 aliphatic carbocycles. The van der Waals surface area contributed by atoms with E-state index in [9.17, 15) is 0 Å². The largest absolute Gasteiger partial charge is 0.375 e. The molecule has 0 N–H and O–H groups in total. The van der Waals surface area contributed by atoms with Crippen LogP contribution in [0, 0.1) is 5.41 Å². The SMILES string of the molecule is CC(C)OC1CCCC12CC2. The van der Waals surface area contributed by atoms with Crippen molar-refractivity contribution in [2.45, 2.75) is 58.2 Å². The number of ether oxygens (including phenoxy) is 1. The first-order valence-corrected chi connectivity index (χ1v) is 4.88. The van der Waals surface area contributed by atoms with E-state index in [0.717, 1.165) is 0 Å². The van der Waals surface area contributed by atoms with Crippen LogP contribution in [0.1, 0.15) is 46.0 Å². The van der Waals surface area contributed by atoms with E-state index < -0.39 is 0 Å². The second-order valence-corrected chi connectivity index (χ2v) is 4.43. The molecule has 0 aromatic rings. The van der Waals surface area contributed by atoms with Gasteiger partial charge in [-0.1, -0.05) is 6.42 Å². The van der Waals surface area contributed by atoms with Crippen molar-refractivity contribution in [2.75, 3.05) is 0 Å². The van der Waals surface area contributed by atoms with Crippen molar-refractivity contribution in [1.82, 2.24) is 0 Å². The van der Waals surface area contributed by atoms with Crippen molar-refractivity contribution < 1.29 is 4.74 Å². The fourth-order valence-corrected chi connectivity index (χ4v) is 2.38. The zero-order chi connectivity index (χ0) is 7.90. The van der Waals surface area contributed by atoms with Crippen LogP contribution in [0.15, 0.2) is 0 Å². The minimum atomic E-state index is 0.426. The van der Waals surface area contributed by atoms with Gasteiger partial charge in [0, 0.05) is 0 Å². The Morgan fingerprint density at radius 3 is 2.55 bits per heavy atom. The van der Waals surface area contributed by atoms with Crippen molar-refractivity contribution >= 4 is 0 Å². The molecule has 1 heteroatoms. The van der Waals surface area contributed by atoms with Gasteiger partial charge in [-0.05, 0) is 44.9 Å². The minimum Gasteiger partial charge on any atom is -0.375 e. The molecule has 0 saturated heterocycles. The first-order chi connectivity index (χ1) is 5.23. The van der Waals surface area contributed by atoms with Gasteiger partial charge < -0.3 is 4.74 Å². The van der Waals surface area contributed by atoms with E-state index in [1.54, 1.807) is 0 Å². The molecule has 2 saturated carbocycles. The normalized spacial score (nSPS) is 33.5. The van der Waals surface area contributed by atoms with Gasteiger partial charge in [-0.25, -0.2) is 0 Å². The quantitative estimate of drug-likeness (QED) is 0.594. The summed E-state index contributed by atoms with van der Waals surface area (Å²) in [5.41, 5.74) is 0.671. The summed E-state index contributed by atoms with van der Waals surface area (Å²) in [7, 11) is 0. The predicted octanol–water partition coefficient (Wildman–Crippen LogP) is 2.74. The van der Waals surface area contributed by atoms with Gasteiger partial charge in [-0.15, -0.1) is 0 Å². The van der Waals surface area contributed by atoms with Crippen molar-refractivity contribution in [2.24, 2.45) is 5.41 Å². The molecule has 0 amide bonds. The van der Waals surface area contributed by atoms with Gasteiger partial charge >= 0.3 is 0 Å². The Balaban J connectivity index is 1.92. The number of rotatable bonds is 2. The third kappa shape index (κ3) is 1.31. The zero-order valence-corrected chi connectivity index (χ0v) is 7.60. The maximum absolute atomic E-state index is 5.89. The molecule has 11 heavy (non-hydrogen) atoms. The van der Waals surface area contributed by atoms with Crippen molar-refractivity contribution in [3.05, 3.63) is 0 Å². The Kier molecular flexibility index (Phi) is 1.71. The fourth-order valence-electron chi connectivity index (χ4n) is 2.38.